The second-order valence-corrected chi connectivity index (χ2v) is 8.83. The fraction of sp³-hybridized carbons (Fsp3) is 0.900. The summed E-state index contributed by atoms with van der Waals surface area (Å²) >= 11 is 0. The van der Waals surface area contributed by atoms with Crippen LogP contribution in [0.3, 0.4) is 0 Å². The maximum Gasteiger partial charge on any atom is 0.307 e. The average molecular weight is 326 g/mol. The number of carbonyl (C=O) groups excluding carboxylic acids is 1. The maximum absolute atomic E-state index is 11.7. The van der Waals surface area contributed by atoms with Crippen LogP contribution < -0.4 is 0 Å². The molecule has 0 aromatic rings. The van der Waals surface area contributed by atoms with E-state index in [1.54, 1.807) is 0 Å². The Labute approximate surface area is 116 Å². The van der Waals surface area contributed by atoms with Crippen LogP contribution in [0, 0.1) is 11.8 Å². The number of ether oxygens (including phenoxy) is 1. The van der Waals surface area contributed by atoms with Gasteiger partial charge in [0.25, 0.3) is 20.2 Å². The van der Waals surface area contributed by atoms with Crippen LogP contribution in [0.15, 0.2) is 0 Å². The lowest BCUT2D eigenvalue weighted by molar-refractivity contribution is -0.155. The van der Waals surface area contributed by atoms with Crippen LogP contribution in [0.5, 0.6) is 0 Å². The average Bonchev–Trinajstić information content (AvgIpc) is 2.89. The van der Waals surface area contributed by atoms with Crippen molar-refractivity contribution >= 4 is 26.2 Å². The van der Waals surface area contributed by atoms with Gasteiger partial charge in [0, 0.05) is 11.8 Å². The number of esters is 1. The van der Waals surface area contributed by atoms with E-state index in [2.05, 4.69) is 0 Å². The zero-order valence-corrected chi connectivity index (χ0v) is 12.0. The van der Waals surface area contributed by atoms with Crippen molar-refractivity contribution in [3.8, 4) is 0 Å². The molecule has 10 heteroatoms. The van der Waals surface area contributed by atoms with Crippen molar-refractivity contribution in [2.24, 2.45) is 11.8 Å². The van der Waals surface area contributed by atoms with E-state index >= 15 is 0 Å². The molecule has 2 aliphatic carbocycles. The molecule has 8 nitrogen and oxygen atoms in total. The Kier molecular flexibility index (Phi) is 3.13. The molecule has 1 saturated heterocycles. The normalized spacial score (nSPS) is 41.0. The number of fused-ring (bicyclic) bond motifs is 1. The predicted octanol–water partition coefficient (Wildman–Crippen LogP) is -0.687. The Balaban J connectivity index is 1.65. The lowest BCUT2D eigenvalue weighted by Crippen LogP contribution is -2.37. The number of hydrogen-bond acceptors (Lipinski definition) is 7. The van der Waals surface area contributed by atoms with Crippen LogP contribution in [0.2, 0.25) is 0 Å². The van der Waals surface area contributed by atoms with Crippen molar-refractivity contribution in [2.45, 2.75) is 36.7 Å². The first kappa shape index (κ1) is 14.2. The van der Waals surface area contributed by atoms with Gasteiger partial charge in [0.1, 0.15) is 12.2 Å². The fourth-order valence-corrected chi connectivity index (χ4v) is 5.77. The van der Waals surface area contributed by atoms with Gasteiger partial charge in [-0.15, -0.1) is 0 Å². The smallest absolute Gasteiger partial charge is 0.307 e. The highest BCUT2D eigenvalue weighted by Crippen LogP contribution is 2.55. The third kappa shape index (κ3) is 2.34. The Morgan fingerprint density at radius 2 is 2.05 bits per heavy atom. The van der Waals surface area contributed by atoms with Crippen molar-refractivity contribution in [3.05, 3.63) is 0 Å². The molecule has 0 spiro atoms. The van der Waals surface area contributed by atoms with Crippen LogP contribution in [0.25, 0.3) is 0 Å². The van der Waals surface area contributed by atoms with E-state index in [1.807, 2.05) is 0 Å². The summed E-state index contributed by atoms with van der Waals surface area (Å²) in [5, 5.41) is -0.495. The molecule has 3 aliphatic rings. The largest absolute Gasteiger partial charge is 0.459 e. The zero-order chi connectivity index (χ0) is 14.7. The van der Waals surface area contributed by atoms with Gasteiger partial charge in [-0.25, -0.2) is 0 Å². The molecule has 2 bridgehead atoms. The zero-order valence-electron chi connectivity index (χ0n) is 10.3. The molecule has 5 atom stereocenters. The van der Waals surface area contributed by atoms with Crippen LogP contribution in [-0.4, -0.2) is 50.6 Å². The van der Waals surface area contributed by atoms with Gasteiger partial charge in [0.2, 0.25) is 0 Å². The molecule has 5 unspecified atom stereocenters. The molecular weight excluding hydrogens is 312 g/mol. The minimum atomic E-state index is -4.22. The summed E-state index contributed by atoms with van der Waals surface area (Å²) in [6, 6.07) is 0. The van der Waals surface area contributed by atoms with Crippen molar-refractivity contribution < 1.29 is 35.1 Å². The fourth-order valence-electron chi connectivity index (χ4n) is 3.47. The summed E-state index contributed by atoms with van der Waals surface area (Å²) in [6.45, 7) is 0. The predicted molar refractivity (Wildman–Crippen MR) is 64.7 cm³/mol. The second-order valence-electron chi connectivity index (χ2n) is 5.48. The number of rotatable bonds is 4. The topological polar surface area (TPSA) is 124 Å². The van der Waals surface area contributed by atoms with E-state index in [0.29, 0.717) is 12.8 Å². The van der Waals surface area contributed by atoms with Gasteiger partial charge in [-0.3, -0.25) is 13.5 Å². The Hall–Kier alpha value is -0.710. The highest BCUT2D eigenvalue weighted by Gasteiger charge is 2.65. The monoisotopic (exact) mass is 326 g/mol. The summed E-state index contributed by atoms with van der Waals surface area (Å²) in [6.07, 6.45) is -0.680. The molecule has 3 fully saturated rings. The standard InChI is InChI=1S/C10H14O8S2/c11-8(1-2-19(12,13)14)17-9-5-3-6-7(4-5)20(15,16)18-10(6)9/h5-7,9-10H,1-4H2,(H,12,13,14). The lowest BCUT2D eigenvalue weighted by Gasteiger charge is -2.24. The SMILES string of the molecule is O=C(CCS(=O)(=O)O)OC1C2CC3C1OS(=O)(=O)C3C2. The highest BCUT2D eigenvalue weighted by molar-refractivity contribution is 7.87. The molecular formula is C10H14O8S2. The van der Waals surface area contributed by atoms with Crippen LogP contribution >= 0.6 is 0 Å². The van der Waals surface area contributed by atoms with E-state index in [4.69, 9.17) is 13.5 Å². The van der Waals surface area contributed by atoms with Gasteiger partial charge in [-0.1, -0.05) is 0 Å². The maximum atomic E-state index is 11.7. The minimum absolute atomic E-state index is 0.0537. The van der Waals surface area contributed by atoms with Crippen molar-refractivity contribution in [3.63, 3.8) is 0 Å². The lowest BCUT2D eigenvalue weighted by atomic mass is 9.94. The van der Waals surface area contributed by atoms with Gasteiger partial charge in [-0.2, -0.15) is 16.8 Å². The Morgan fingerprint density at radius 1 is 1.35 bits per heavy atom. The molecule has 20 heavy (non-hydrogen) atoms. The molecule has 1 N–H and O–H groups in total. The molecule has 0 aromatic carbocycles. The summed E-state index contributed by atoms with van der Waals surface area (Å²) in [5.41, 5.74) is 0. The first-order valence-corrected chi connectivity index (χ1v) is 9.32. The van der Waals surface area contributed by atoms with E-state index < -0.39 is 55.8 Å². The molecule has 0 aromatic heterocycles. The number of carbonyl (C=O) groups is 1. The third-order valence-electron chi connectivity index (χ3n) is 4.25. The molecule has 3 rings (SSSR count). The Bertz CT molecular complexity index is 636. The van der Waals surface area contributed by atoms with E-state index in [-0.39, 0.29) is 11.8 Å². The third-order valence-corrected chi connectivity index (χ3v) is 6.74. The van der Waals surface area contributed by atoms with Crippen LogP contribution in [0.1, 0.15) is 19.3 Å². The first-order chi connectivity index (χ1) is 9.17. The molecule has 0 amide bonds. The Morgan fingerprint density at radius 3 is 2.70 bits per heavy atom. The quantitative estimate of drug-likeness (QED) is 0.409. The molecule has 1 heterocycles. The van der Waals surface area contributed by atoms with E-state index in [0.717, 1.165) is 0 Å². The van der Waals surface area contributed by atoms with Crippen molar-refractivity contribution in [1.29, 1.82) is 0 Å². The number of hydrogen-bond donors (Lipinski definition) is 1. The molecule has 0 radical (unpaired) electrons. The second kappa shape index (κ2) is 4.39. The molecule has 2 saturated carbocycles. The summed E-state index contributed by atoms with van der Waals surface area (Å²) < 4.78 is 63.2. The summed E-state index contributed by atoms with van der Waals surface area (Å²) in [7, 11) is -7.78. The summed E-state index contributed by atoms with van der Waals surface area (Å²) in [5.74, 6) is -1.67. The van der Waals surface area contributed by atoms with Gasteiger partial charge in [0.15, 0.2) is 0 Å². The minimum Gasteiger partial charge on any atom is -0.459 e. The van der Waals surface area contributed by atoms with Gasteiger partial charge < -0.3 is 4.74 Å². The van der Waals surface area contributed by atoms with Crippen LogP contribution in [0.4, 0.5) is 0 Å². The first-order valence-electron chi connectivity index (χ1n) is 6.24. The highest BCUT2D eigenvalue weighted by atomic mass is 32.2. The molecule has 114 valence electrons. The van der Waals surface area contributed by atoms with Crippen molar-refractivity contribution in [2.75, 3.05) is 5.75 Å². The van der Waals surface area contributed by atoms with E-state index in [9.17, 15) is 21.6 Å². The van der Waals surface area contributed by atoms with Gasteiger partial charge >= 0.3 is 5.97 Å². The van der Waals surface area contributed by atoms with Crippen LogP contribution in [-0.2, 0) is 34.0 Å². The molecule has 1 aliphatic heterocycles. The van der Waals surface area contributed by atoms with Gasteiger partial charge in [0.05, 0.1) is 17.4 Å². The van der Waals surface area contributed by atoms with E-state index in [1.165, 1.54) is 0 Å². The van der Waals surface area contributed by atoms with Gasteiger partial charge in [-0.05, 0) is 12.8 Å². The van der Waals surface area contributed by atoms with Crippen molar-refractivity contribution in [1.82, 2.24) is 0 Å². The summed E-state index contributed by atoms with van der Waals surface area (Å²) in [4.78, 5) is 11.6.